The third kappa shape index (κ3) is 3.10. The van der Waals surface area contributed by atoms with Crippen LogP contribution in [0.4, 0.5) is 10.1 Å². The topological polar surface area (TPSA) is 66.4 Å². The number of hydrogen-bond acceptors (Lipinski definition) is 2. The first-order valence-electron chi connectivity index (χ1n) is 6.38. The highest BCUT2D eigenvalue weighted by Crippen LogP contribution is 2.31. The van der Waals surface area contributed by atoms with E-state index in [1.54, 1.807) is 6.07 Å². The molecule has 19 heavy (non-hydrogen) atoms. The van der Waals surface area contributed by atoms with Crippen molar-refractivity contribution in [1.82, 2.24) is 0 Å². The van der Waals surface area contributed by atoms with Crippen LogP contribution in [-0.4, -0.2) is 17.0 Å². The second kappa shape index (κ2) is 5.82. The number of benzene rings is 1. The molecule has 1 aromatic rings. The van der Waals surface area contributed by atoms with Gasteiger partial charge in [0.15, 0.2) is 0 Å². The summed E-state index contributed by atoms with van der Waals surface area (Å²) in [5.41, 5.74) is 0.0993. The zero-order chi connectivity index (χ0) is 13.8. The summed E-state index contributed by atoms with van der Waals surface area (Å²) >= 11 is 0. The van der Waals surface area contributed by atoms with Crippen LogP contribution in [0.15, 0.2) is 24.3 Å². The Kier molecular flexibility index (Phi) is 4.14. The summed E-state index contributed by atoms with van der Waals surface area (Å²) in [5, 5.41) is 11.6. The Hall–Kier alpha value is -1.91. The molecular weight excluding hydrogens is 249 g/mol. The first-order chi connectivity index (χ1) is 9.09. The normalized spacial score (nSPS) is 22.8. The number of amides is 1. The Morgan fingerprint density at radius 1 is 1.16 bits per heavy atom. The van der Waals surface area contributed by atoms with E-state index in [1.807, 2.05) is 0 Å². The molecule has 0 aromatic heterocycles. The number of carbonyl (C=O) groups is 2. The zero-order valence-electron chi connectivity index (χ0n) is 10.4. The van der Waals surface area contributed by atoms with Crippen LogP contribution in [0.2, 0.25) is 0 Å². The van der Waals surface area contributed by atoms with Gasteiger partial charge in [-0.1, -0.05) is 25.0 Å². The van der Waals surface area contributed by atoms with E-state index in [2.05, 4.69) is 5.32 Å². The standard InChI is InChI=1S/C14H16FNO3/c15-11-7-3-4-8-12(11)16-13(17)9-5-1-2-6-10(9)14(18)19/h3-4,7-10H,1-2,5-6H2,(H,16,17)(H,18,19)/t9-,10+/m1/s1. The largest absolute Gasteiger partial charge is 0.481 e. The monoisotopic (exact) mass is 265 g/mol. The molecular formula is C14H16FNO3. The van der Waals surface area contributed by atoms with Crippen LogP contribution in [0.3, 0.4) is 0 Å². The van der Waals surface area contributed by atoms with Crippen molar-refractivity contribution >= 4 is 17.6 Å². The van der Waals surface area contributed by atoms with Crippen molar-refractivity contribution in [1.29, 1.82) is 0 Å². The number of para-hydroxylation sites is 1. The fourth-order valence-electron chi connectivity index (χ4n) is 2.53. The summed E-state index contributed by atoms with van der Waals surface area (Å²) in [6.45, 7) is 0. The highest BCUT2D eigenvalue weighted by Gasteiger charge is 2.35. The van der Waals surface area contributed by atoms with Crippen LogP contribution < -0.4 is 5.32 Å². The fraction of sp³-hybridized carbons (Fsp3) is 0.429. The SMILES string of the molecule is O=C(O)[C@H]1CCCC[C@H]1C(=O)Nc1ccccc1F. The molecule has 0 saturated heterocycles. The smallest absolute Gasteiger partial charge is 0.307 e. The number of carboxylic acid groups (broad SMARTS) is 1. The summed E-state index contributed by atoms with van der Waals surface area (Å²) in [7, 11) is 0. The molecule has 0 radical (unpaired) electrons. The maximum absolute atomic E-state index is 13.4. The van der Waals surface area contributed by atoms with E-state index in [0.717, 1.165) is 12.8 Å². The Balaban J connectivity index is 2.10. The van der Waals surface area contributed by atoms with Gasteiger partial charge in [-0.2, -0.15) is 0 Å². The van der Waals surface area contributed by atoms with Crippen molar-refractivity contribution in [3.05, 3.63) is 30.1 Å². The van der Waals surface area contributed by atoms with Gasteiger partial charge in [0.25, 0.3) is 0 Å². The van der Waals surface area contributed by atoms with Gasteiger partial charge in [-0.15, -0.1) is 0 Å². The lowest BCUT2D eigenvalue weighted by atomic mass is 9.78. The van der Waals surface area contributed by atoms with Crippen LogP contribution in [0.5, 0.6) is 0 Å². The summed E-state index contributed by atoms with van der Waals surface area (Å²) in [6, 6.07) is 5.87. The molecule has 1 saturated carbocycles. The summed E-state index contributed by atoms with van der Waals surface area (Å²) in [4.78, 5) is 23.2. The molecule has 0 bridgehead atoms. The molecule has 0 unspecified atom stereocenters. The molecule has 1 fully saturated rings. The van der Waals surface area contributed by atoms with E-state index in [0.29, 0.717) is 12.8 Å². The average molecular weight is 265 g/mol. The van der Waals surface area contributed by atoms with E-state index in [9.17, 15) is 14.0 Å². The summed E-state index contributed by atoms with van der Waals surface area (Å²) < 4.78 is 13.4. The lowest BCUT2D eigenvalue weighted by Gasteiger charge is -2.27. The van der Waals surface area contributed by atoms with Gasteiger partial charge >= 0.3 is 5.97 Å². The molecule has 0 heterocycles. The van der Waals surface area contributed by atoms with E-state index < -0.39 is 29.5 Å². The minimum Gasteiger partial charge on any atom is -0.481 e. The Bertz CT molecular complexity index is 489. The molecule has 1 aliphatic carbocycles. The van der Waals surface area contributed by atoms with Crippen LogP contribution >= 0.6 is 0 Å². The molecule has 5 heteroatoms. The fourth-order valence-corrected chi connectivity index (χ4v) is 2.53. The molecule has 1 aromatic carbocycles. The van der Waals surface area contributed by atoms with E-state index in [4.69, 9.17) is 5.11 Å². The average Bonchev–Trinajstić information content (AvgIpc) is 2.41. The number of carboxylic acids is 1. The molecule has 0 spiro atoms. The highest BCUT2D eigenvalue weighted by atomic mass is 19.1. The van der Waals surface area contributed by atoms with Crippen molar-refractivity contribution in [3.63, 3.8) is 0 Å². The minimum absolute atomic E-state index is 0.0993. The number of hydrogen-bond donors (Lipinski definition) is 2. The third-order valence-electron chi connectivity index (χ3n) is 3.55. The molecule has 2 rings (SSSR count). The maximum atomic E-state index is 13.4. The van der Waals surface area contributed by atoms with Crippen molar-refractivity contribution in [2.75, 3.05) is 5.32 Å². The van der Waals surface area contributed by atoms with Crippen LogP contribution in [0, 0.1) is 17.7 Å². The minimum atomic E-state index is -0.951. The van der Waals surface area contributed by atoms with Crippen LogP contribution in [0.1, 0.15) is 25.7 Å². The lowest BCUT2D eigenvalue weighted by Crippen LogP contribution is -2.36. The summed E-state index contributed by atoms with van der Waals surface area (Å²) in [5.74, 6) is -3.12. The number of halogens is 1. The number of carbonyl (C=O) groups excluding carboxylic acids is 1. The number of anilines is 1. The van der Waals surface area contributed by atoms with Crippen molar-refractivity contribution in [3.8, 4) is 0 Å². The Morgan fingerprint density at radius 2 is 1.79 bits per heavy atom. The van der Waals surface area contributed by atoms with Crippen molar-refractivity contribution in [2.45, 2.75) is 25.7 Å². The van der Waals surface area contributed by atoms with Gasteiger partial charge in [-0.05, 0) is 25.0 Å². The van der Waals surface area contributed by atoms with Crippen LogP contribution in [-0.2, 0) is 9.59 Å². The first kappa shape index (κ1) is 13.5. The first-order valence-corrected chi connectivity index (χ1v) is 6.38. The predicted molar refractivity (Wildman–Crippen MR) is 68.1 cm³/mol. The molecule has 0 aliphatic heterocycles. The molecule has 1 amide bonds. The van der Waals surface area contributed by atoms with Crippen LogP contribution in [0.25, 0.3) is 0 Å². The second-order valence-electron chi connectivity index (χ2n) is 4.80. The zero-order valence-corrected chi connectivity index (χ0v) is 10.4. The highest BCUT2D eigenvalue weighted by molar-refractivity contribution is 5.95. The van der Waals surface area contributed by atoms with Gasteiger partial charge in [0, 0.05) is 0 Å². The van der Waals surface area contributed by atoms with Gasteiger partial charge in [0.05, 0.1) is 17.5 Å². The quantitative estimate of drug-likeness (QED) is 0.883. The molecule has 1 aliphatic rings. The molecule has 102 valence electrons. The van der Waals surface area contributed by atoms with Gasteiger partial charge < -0.3 is 10.4 Å². The second-order valence-corrected chi connectivity index (χ2v) is 4.80. The summed E-state index contributed by atoms with van der Waals surface area (Å²) in [6.07, 6.45) is 2.70. The van der Waals surface area contributed by atoms with Gasteiger partial charge in [0.1, 0.15) is 5.82 Å². The van der Waals surface area contributed by atoms with Crippen molar-refractivity contribution in [2.24, 2.45) is 11.8 Å². The van der Waals surface area contributed by atoms with Gasteiger partial charge in [-0.3, -0.25) is 9.59 Å². The van der Waals surface area contributed by atoms with Crippen molar-refractivity contribution < 1.29 is 19.1 Å². The lowest BCUT2D eigenvalue weighted by molar-refractivity contribution is -0.147. The molecule has 2 atom stereocenters. The van der Waals surface area contributed by atoms with E-state index in [-0.39, 0.29) is 5.69 Å². The number of rotatable bonds is 3. The van der Waals surface area contributed by atoms with E-state index >= 15 is 0 Å². The van der Waals surface area contributed by atoms with E-state index in [1.165, 1.54) is 18.2 Å². The molecule has 4 nitrogen and oxygen atoms in total. The van der Waals surface area contributed by atoms with Gasteiger partial charge in [-0.25, -0.2) is 4.39 Å². The molecule has 2 N–H and O–H groups in total. The predicted octanol–water partition coefficient (Wildman–Crippen LogP) is 2.66. The number of aliphatic carboxylic acids is 1. The Morgan fingerprint density at radius 3 is 2.42 bits per heavy atom. The Labute approximate surface area is 110 Å². The third-order valence-corrected chi connectivity index (χ3v) is 3.55. The maximum Gasteiger partial charge on any atom is 0.307 e. The van der Waals surface area contributed by atoms with Gasteiger partial charge in [0.2, 0.25) is 5.91 Å². The number of nitrogens with one attached hydrogen (secondary N) is 1.